The summed E-state index contributed by atoms with van der Waals surface area (Å²) in [6.07, 6.45) is -3.46. The smallest absolute Gasteiger partial charge is 0.368 e. The fourth-order valence-corrected chi connectivity index (χ4v) is 1.51. The number of amides is 1. The molecule has 0 saturated carbocycles. The molecule has 68 valence electrons. The third-order valence-electron chi connectivity index (χ3n) is 1.19. The van der Waals surface area contributed by atoms with Crippen LogP contribution in [0, 0.1) is 0 Å². The van der Waals surface area contributed by atoms with Crippen LogP contribution in [0.3, 0.4) is 0 Å². The molecule has 0 fully saturated rings. The van der Waals surface area contributed by atoms with Crippen molar-refractivity contribution in [2.45, 2.75) is 16.8 Å². The molecule has 3 nitrogen and oxygen atoms in total. The predicted molar refractivity (Wildman–Crippen MR) is 38.9 cm³/mol. The number of alkyl halides is 3. The van der Waals surface area contributed by atoms with E-state index < -0.39 is 22.7 Å². The zero-order valence-electron chi connectivity index (χ0n) is 5.71. The lowest BCUT2D eigenvalue weighted by Gasteiger charge is -2.11. The van der Waals surface area contributed by atoms with Gasteiger partial charge in [0.05, 0.1) is 0 Å². The van der Waals surface area contributed by atoms with Gasteiger partial charge in [0, 0.05) is 6.21 Å². The summed E-state index contributed by atoms with van der Waals surface area (Å²) in [5.41, 5.74) is 4.78. The van der Waals surface area contributed by atoms with Gasteiger partial charge in [-0.05, 0) is 0 Å². The molecule has 7 heteroatoms. The fourth-order valence-electron chi connectivity index (χ4n) is 0.668. The summed E-state index contributed by atoms with van der Waals surface area (Å²) in [6, 6.07) is 0. The molecule has 0 bridgehead atoms. The number of primary amides is 1. The lowest BCUT2D eigenvalue weighted by Crippen LogP contribution is -2.28. The lowest BCUT2D eigenvalue weighted by molar-refractivity contribution is -0.126. The Hall–Kier alpha value is -0.720. The van der Waals surface area contributed by atoms with Crippen LogP contribution < -0.4 is 5.73 Å². The summed E-state index contributed by atoms with van der Waals surface area (Å²) in [4.78, 5) is 13.5. The van der Waals surface area contributed by atoms with Crippen LogP contribution in [0.2, 0.25) is 0 Å². The molecule has 0 radical (unpaired) electrons. The first-order valence-corrected chi connectivity index (χ1v) is 3.90. The van der Waals surface area contributed by atoms with Crippen molar-refractivity contribution in [1.29, 1.82) is 0 Å². The Morgan fingerprint density at radius 3 is 2.42 bits per heavy atom. The van der Waals surface area contributed by atoms with Crippen molar-refractivity contribution in [3.8, 4) is 0 Å². The van der Waals surface area contributed by atoms with Gasteiger partial charge < -0.3 is 5.73 Å². The average molecular weight is 198 g/mol. The number of nitrogens with zero attached hydrogens (tertiary/aromatic N) is 1. The van der Waals surface area contributed by atoms with E-state index in [1.54, 1.807) is 0 Å². The Bertz CT molecular complexity index is 227. The maximum atomic E-state index is 11.9. The van der Waals surface area contributed by atoms with Crippen molar-refractivity contribution < 1.29 is 18.0 Å². The summed E-state index contributed by atoms with van der Waals surface area (Å²) in [5, 5.41) is -2.79. The summed E-state index contributed by atoms with van der Waals surface area (Å²) in [6.45, 7) is 0. The molecule has 0 aliphatic carbocycles. The molecule has 1 rings (SSSR count). The van der Waals surface area contributed by atoms with Crippen LogP contribution in [0.1, 0.15) is 0 Å². The van der Waals surface area contributed by atoms with Crippen LogP contribution in [-0.4, -0.2) is 28.9 Å². The van der Waals surface area contributed by atoms with Gasteiger partial charge in [0.1, 0.15) is 5.25 Å². The second kappa shape index (κ2) is 2.96. The van der Waals surface area contributed by atoms with Crippen molar-refractivity contribution in [1.82, 2.24) is 0 Å². The molecular formula is C5H5F3N2OS. The Morgan fingerprint density at radius 1 is 1.58 bits per heavy atom. The number of carbonyl (C=O) groups is 1. The molecule has 0 spiro atoms. The van der Waals surface area contributed by atoms with Crippen LogP contribution in [0.5, 0.6) is 0 Å². The van der Waals surface area contributed by atoms with Crippen molar-refractivity contribution in [2.75, 3.05) is 0 Å². The van der Waals surface area contributed by atoms with Crippen LogP contribution in [0.25, 0.3) is 0 Å². The summed E-state index contributed by atoms with van der Waals surface area (Å²) < 4.78 is 35.7. The minimum atomic E-state index is -4.40. The highest BCUT2D eigenvalue weighted by molar-refractivity contribution is 8.02. The number of hydrogen-bond donors (Lipinski definition) is 1. The topological polar surface area (TPSA) is 55.5 Å². The van der Waals surface area contributed by atoms with E-state index in [0.717, 1.165) is 6.21 Å². The maximum Gasteiger partial charge on any atom is 0.420 e. The van der Waals surface area contributed by atoms with Gasteiger partial charge in [-0.15, -0.1) is 11.8 Å². The van der Waals surface area contributed by atoms with Crippen molar-refractivity contribution in [3.63, 3.8) is 0 Å². The second-order valence-electron chi connectivity index (χ2n) is 2.15. The van der Waals surface area contributed by atoms with Crippen molar-refractivity contribution in [2.24, 2.45) is 10.7 Å². The Labute approximate surface area is 70.2 Å². The standard InChI is InChI=1S/C5H5F3N2OS/c6-5(7,8)4-10-1-2(12-4)3(9)11/h1-2,4H,(H2,9,11). The average Bonchev–Trinajstić information content (AvgIpc) is 2.30. The first kappa shape index (κ1) is 9.37. The highest BCUT2D eigenvalue weighted by Crippen LogP contribution is 2.36. The molecule has 1 aliphatic rings. The first-order valence-electron chi connectivity index (χ1n) is 2.96. The van der Waals surface area contributed by atoms with Gasteiger partial charge in [-0.1, -0.05) is 0 Å². The SMILES string of the molecule is NC(=O)C1C=NC(C(F)(F)F)S1. The molecule has 0 aromatic heterocycles. The second-order valence-corrected chi connectivity index (χ2v) is 3.38. The van der Waals surface area contributed by atoms with E-state index in [1.807, 2.05) is 0 Å². The van der Waals surface area contributed by atoms with E-state index in [-0.39, 0.29) is 0 Å². The number of thioether (sulfide) groups is 1. The number of aliphatic imine (C=N–C) groups is 1. The Morgan fingerprint density at radius 2 is 2.17 bits per heavy atom. The molecular weight excluding hydrogens is 193 g/mol. The zero-order valence-corrected chi connectivity index (χ0v) is 6.52. The monoisotopic (exact) mass is 198 g/mol. The summed E-state index contributed by atoms with van der Waals surface area (Å²) in [7, 11) is 0. The van der Waals surface area contributed by atoms with E-state index in [4.69, 9.17) is 5.73 Å². The van der Waals surface area contributed by atoms with Gasteiger partial charge in [0.15, 0.2) is 5.37 Å². The van der Waals surface area contributed by atoms with Crippen LogP contribution in [-0.2, 0) is 4.79 Å². The molecule has 2 atom stereocenters. The lowest BCUT2D eigenvalue weighted by atomic mass is 10.4. The number of nitrogens with two attached hydrogens (primary N) is 1. The van der Waals surface area contributed by atoms with Crippen molar-refractivity contribution >= 4 is 23.9 Å². The van der Waals surface area contributed by atoms with E-state index in [1.165, 1.54) is 0 Å². The normalized spacial score (nSPS) is 29.2. The first-order chi connectivity index (χ1) is 5.41. The highest BCUT2D eigenvalue weighted by atomic mass is 32.2. The molecule has 0 saturated heterocycles. The highest BCUT2D eigenvalue weighted by Gasteiger charge is 2.44. The summed E-state index contributed by atoms with van der Waals surface area (Å²) >= 11 is 0.404. The molecule has 1 amide bonds. The van der Waals surface area contributed by atoms with Gasteiger partial charge >= 0.3 is 6.18 Å². The Kier molecular flexibility index (Phi) is 2.31. The van der Waals surface area contributed by atoms with E-state index in [9.17, 15) is 18.0 Å². The largest absolute Gasteiger partial charge is 0.420 e. The Balaban J connectivity index is 2.59. The molecule has 0 aromatic carbocycles. The number of rotatable bonds is 1. The van der Waals surface area contributed by atoms with Crippen molar-refractivity contribution in [3.05, 3.63) is 0 Å². The number of carbonyl (C=O) groups excluding carboxylic acids is 1. The quantitative estimate of drug-likeness (QED) is 0.668. The molecule has 1 heterocycles. The van der Waals surface area contributed by atoms with Gasteiger partial charge in [0.25, 0.3) is 0 Å². The maximum absolute atomic E-state index is 11.9. The van der Waals surface area contributed by atoms with Gasteiger partial charge in [-0.2, -0.15) is 13.2 Å². The van der Waals surface area contributed by atoms with Crippen LogP contribution in [0.4, 0.5) is 13.2 Å². The molecule has 1 aliphatic heterocycles. The van der Waals surface area contributed by atoms with Crippen LogP contribution >= 0.6 is 11.8 Å². The summed E-state index contributed by atoms with van der Waals surface area (Å²) in [5.74, 6) is -0.796. The molecule has 2 N–H and O–H groups in total. The zero-order chi connectivity index (χ0) is 9.35. The minimum absolute atomic E-state index is 0.404. The predicted octanol–water partition coefficient (Wildman–Crippen LogP) is 0.546. The molecule has 2 unspecified atom stereocenters. The minimum Gasteiger partial charge on any atom is -0.368 e. The number of hydrogen-bond acceptors (Lipinski definition) is 3. The molecule has 0 aromatic rings. The van der Waals surface area contributed by atoms with E-state index in [2.05, 4.69) is 4.99 Å². The van der Waals surface area contributed by atoms with Gasteiger partial charge in [-0.3, -0.25) is 9.79 Å². The third kappa shape index (κ3) is 1.90. The third-order valence-corrected chi connectivity index (χ3v) is 2.49. The molecule has 12 heavy (non-hydrogen) atoms. The van der Waals surface area contributed by atoms with Crippen LogP contribution in [0.15, 0.2) is 4.99 Å². The van der Waals surface area contributed by atoms with Gasteiger partial charge in [0.2, 0.25) is 5.91 Å². The van der Waals surface area contributed by atoms with Gasteiger partial charge in [-0.25, -0.2) is 0 Å². The van der Waals surface area contributed by atoms with E-state index >= 15 is 0 Å². The number of halogens is 3. The fraction of sp³-hybridized carbons (Fsp3) is 0.600. The van der Waals surface area contributed by atoms with E-state index in [0.29, 0.717) is 11.8 Å².